The van der Waals surface area contributed by atoms with Crippen LogP contribution in [0.15, 0.2) is 55.2 Å². The second-order valence-corrected chi connectivity index (χ2v) is 30.9. The van der Waals surface area contributed by atoms with Gasteiger partial charge in [0.1, 0.15) is 34.2 Å². The molecule has 102 heavy (non-hydrogen) atoms. The van der Waals surface area contributed by atoms with Gasteiger partial charge in [0.25, 0.3) is 0 Å². The Labute approximate surface area is 606 Å². The van der Waals surface area contributed by atoms with Crippen LogP contribution < -0.4 is 41.3 Å². The maximum Gasteiger partial charge on any atom is 0.408 e. The molecule has 6 N–H and O–H groups in total. The first-order chi connectivity index (χ1) is 48.7. The molecule has 8 aromatic rings. The Morgan fingerprint density at radius 1 is 0.667 bits per heavy atom. The first-order valence-electron chi connectivity index (χ1n) is 35.4. The molecule has 2 unspecified atom stereocenters. The van der Waals surface area contributed by atoms with Gasteiger partial charge in [0, 0.05) is 101 Å². The monoisotopic (exact) mass is 1510 g/mol. The van der Waals surface area contributed by atoms with Crippen molar-refractivity contribution >= 4 is 121 Å². The minimum Gasteiger partial charge on any atom is -0.469 e. The fraction of sp³-hybridized carbons (Fsp3) is 0.586. The Bertz CT molecular complexity index is 4280. The van der Waals surface area contributed by atoms with Crippen LogP contribution in [0.5, 0.6) is 0 Å². The molecule has 8 aromatic heterocycles. The summed E-state index contributed by atoms with van der Waals surface area (Å²) in [6.07, 6.45) is 20.2. The summed E-state index contributed by atoms with van der Waals surface area (Å²) in [6, 6.07) is 7.46. The van der Waals surface area contributed by atoms with E-state index in [4.69, 9.17) is 49.5 Å². The number of pyridine rings is 2. The standard InChI is InChI=1S/C29H38N8O4.C21H31IN6O3.C20H26N8O2/c1-28(2,3)41-27(39)33-29(4)12-15-35(16-13-29)21-18-31-24-25(32-21)37(23-9-5-6-17-40-23)34-26(24)36-20-8-7-14-30-19(20)10-11-22(36)38;1-20(2,3)31-19(29)25-21(4)8-10-27(11-9-21)14-13-23-16-17(22)26-28(18(16)24-14)15-7-5-6-12-30-15;1-20(21)7-10-28(11-8-20)15-12-23-17-18(26-27-19(17)25-15)24-14-4-3-9-22-13(14)5-6-16(29)30-2/h7-8,14,18,23H,5-6,9-13,15-17H2,1-4H3,(H,33,39);13,15H,5-12H2,1-4H3,(H,25,29);3-4,9,12H,5-8,10-11,21H2,1-2H3,(H2,24,25,26,27). The first kappa shape index (κ1) is 73.0. The molecule has 5 saturated heterocycles. The van der Waals surface area contributed by atoms with E-state index >= 15 is 0 Å². The van der Waals surface area contributed by atoms with Gasteiger partial charge >= 0.3 is 18.2 Å². The van der Waals surface area contributed by atoms with E-state index in [0.29, 0.717) is 72.9 Å². The molecule has 2 atom stereocenters. The van der Waals surface area contributed by atoms with Crippen LogP contribution in [-0.4, -0.2) is 181 Å². The molecule has 0 spiro atoms. The van der Waals surface area contributed by atoms with Crippen molar-refractivity contribution in [2.24, 2.45) is 5.73 Å². The van der Waals surface area contributed by atoms with Crippen molar-refractivity contribution in [3.05, 3.63) is 70.3 Å². The molecule has 0 aliphatic carbocycles. The highest BCUT2D eigenvalue weighted by atomic mass is 127. The number of carbonyl (C=O) groups excluding carboxylic acids is 4. The molecule has 6 aliphatic rings. The maximum atomic E-state index is 13.2. The lowest BCUT2D eigenvalue weighted by molar-refractivity contribution is -0.140. The molecule has 6 aliphatic heterocycles. The molecule has 546 valence electrons. The number of anilines is 7. The van der Waals surface area contributed by atoms with E-state index in [1.54, 1.807) is 34.4 Å². The van der Waals surface area contributed by atoms with Crippen molar-refractivity contribution in [3.8, 4) is 0 Å². The number of halogens is 1. The Kier molecular flexibility index (Phi) is 21.9. The zero-order chi connectivity index (χ0) is 72.1. The second kappa shape index (κ2) is 30.7. The third-order valence-corrected chi connectivity index (χ3v) is 19.9. The fourth-order valence-electron chi connectivity index (χ4n) is 13.3. The van der Waals surface area contributed by atoms with Gasteiger partial charge in [0.05, 0.1) is 54.9 Å². The number of methoxy groups -OCH3 is 1. The summed E-state index contributed by atoms with van der Waals surface area (Å²) in [5.41, 5.74) is 11.4. The summed E-state index contributed by atoms with van der Waals surface area (Å²) in [5, 5.41) is 26.2. The van der Waals surface area contributed by atoms with E-state index in [9.17, 15) is 19.2 Å². The van der Waals surface area contributed by atoms with E-state index in [2.05, 4.69) is 107 Å². The third-order valence-electron chi connectivity index (χ3n) is 19.1. The Morgan fingerprint density at radius 2 is 1.19 bits per heavy atom. The number of nitrogens with two attached hydrogens (primary N) is 1. The zero-order valence-corrected chi connectivity index (χ0v) is 62.2. The number of rotatable bonds is 13. The molecular weight excluding hydrogens is 1420 g/mol. The van der Waals surface area contributed by atoms with Crippen molar-refractivity contribution in [2.45, 2.75) is 205 Å². The molecule has 31 nitrogen and oxygen atoms in total. The van der Waals surface area contributed by atoms with Crippen molar-refractivity contribution in [3.63, 3.8) is 0 Å². The molecule has 0 bridgehead atoms. The number of H-pyrrole nitrogens is 1. The topological polar surface area (TPSA) is 357 Å². The third kappa shape index (κ3) is 17.6. The number of aromatic amines is 1. The Hall–Kier alpha value is -8.76. The van der Waals surface area contributed by atoms with Crippen LogP contribution in [0, 0.1) is 3.70 Å². The van der Waals surface area contributed by atoms with Crippen molar-refractivity contribution in [1.29, 1.82) is 0 Å². The van der Waals surface area contributed by atoms with Gasteiger partial charge in [-0.25, -0.2) is 48.9 Å². The summed E-state index contributed by atoms with van der Waals surface area (Å²) in [5.74, 6) is 3.14. The van der Waals surface area contributed by atoms with Crippen LogP contribution in [0.25, 0.3) is 33.5 Å². The second-order valence-electron chi connectivity index (χ2n) is 29.8. The predicted octanol–water partition coefficient (Wildman–Crippen LogP) is 10.3. The highest BCUT2D eigenvalue weighted by Gasteiger charge is 2.38. The number of aryl methyl sites for hydroxylation is 2. The van der Waals surface area contributed by atoms with E-state index in [0.717, 1.165) is 165 Å². The first-order valence-corrected chi connectivity index (χ1v) is 36.5. The van der Waals surface area contributed by atoms with Crippen LogP contribution in [0.1, 0.15) is 176 Å². The number of hydrogen-bond donors (Lipinski definition) is 5. The minimum absolute atomic E-state index is 0.0414. The predicted molar refractivity (Wildman–Crippen MR) is 393 cm³/mol. The summed E-state index contributed by atoms with van der Waals surface area (Å²) < 4.78 is 32.2. The van der Waals surface area contributed by atoms with Crippen molar-refractivity contribution in [1.82, 2.24) is 80.3 Å². The fourth-order valence-corrected chi connectivity index (χ4v) is 13.9. The molecule has 0 aromatic carbocycles. The molecule has 0 saturated carbocycles. The number of nitrogens with zero attached hydrogens (tertiary/aromatic N) is 17. The number of fused-ring (bicyclic) bond motifs is 4. The normalized spacial score (nSPS) is 19.8. The van der Waals surface area contributed by atoms with E-state index in [1.165, 1.54) is 7.11 Å². The van der Waals surface area contributed by atoms with Gasteiger partial charge < -0.3 is 60.1 Å². The van der Waals surface area contributed by atoms with Crippen LogP contribution in [0.3, 0.4) is 0 Å². The quantitative estimate of drug-likeness (QED) is 0.0407. The van der Waals surface area contributed by atoms with Crippen LogP contribution in [0.2, 0.25) is 0 Å². The largest absolute Gasteiger partial charge is 0.469 e. The van der Waals surface area contributed by atoms with E-state index in [-0.39, 0.29) is 53.5 Å². The van der Waals surface area contributed by atoms with E-state index in [1.807, 2.05) is 83.6 Å². The van der Waals surface area contributed by atoms with E-state index < -0.39 is 17.3 Å². The lowest BCUT2D eigenvalue weighted by atomic mass is 9.90. The number of nitrogens with one attached hydrogen (secondary N) is 4. The van der Waals surface area contributed by atoms with Gasteiger partial charge in [-0.2, -0.15) is 10.2 Å². The SMILES string of the molecule is CC1(NC(=O)OC(C)(C)C)CCN(c2cnc3c(I)nn(C4CCCCO4)c3n2)CC1.CC1(NC(=O)OC(C)(C)C)CCN(c2cnc3c(N4C(=O)CCc5ncccc54)nn(C4CCCCO4)c3n2)CC1.COC(=O)CCc1ncccc1Nc1[nH]nc2nc(N3CCC(C)(N)CC3)cnc12. The van der Waals surface area contributed by atoms with Crippen molar-refractivity contribution < 1.29 is 42.9 Å². The lowest BCUT2D eigenvalue weighted by Gasteiger charge is -2.40. The summed E-state index contributed by atoms with van der Waals surface area (Å²) in [6.45, 7) is 23.4. The number of piperidine rings is 3. The minimum atomic E-state index is -0.548. The molecule has 3 amide bonds. The number of ether oxygens (including phenoxy) is 5. The van der Waals surface area contributed by atoms with Gasteiger partial charge in [0.15, 0.2) is 50.1 Å². The number of alkyl carbamates (subject to hydrolysis) is 2. The molecule has 14 rings (SSSR count). The summed E-state index contributed by atoms with van der Waals surface area (Å²) >= 11 is 2.21. The average molecular weight is 1520 g/mol. The summed E-state index contributed by atoms with van der Waals surface area (Å²) in [7, 11) is 1.38. The highest BCUT2D eigenvalue weighted by Crippen LogP contribution is 2.40. The molecule has 5 fully saturated rings. The number of esters is 1. The van der Waals surface area contributed by atoms with Crippen LogP contribution in [0.4, 0.5) is 50.1 Å². The Morgan fingerprint density at radius 3 is 1.75 bits per heavy atom. The smallest absolute Gasteiger partial charge is 0.408 e. The maximum absolute atomic E-state index is 13.2. The van der Waals surface area contributed by atoms with Gasteiger partial charge in [-0.1, -0.05) is 0 Å². The average Bonchev–Trinajstić information content (AvgIpc) is 1.58. The molecular formula is C70H95IN22O9. The number of hydrogen-bond acceptors (Lipinski definition) is 25. The zero-order valence-electron chi connectivity index (χ0n) is 60.1. The molecule has 0 radical (unpaired) electrons. The molecule has 32 heteroatoms. The van der Waals surface area contributed by atoms with Crippen LogP contribution >= 0.6 is 22.6 Å². The lowest BCUT2D eigenvalue weighted by Crippen LogP contribution is -2.54. The molecule has 14 heterocycles. The highest BCUT2D eigenvalue weighted by molar-refractivity contribution is 14.1. The number of aromatic nitrogens is 14. The van der Waals surface area contributed by atoms with Gasteiger partial charge in [0.2, 0.25) is 11.6 Å². The van der Waals surface area contributed by atoms with Gasteiger partial charge in [-0.15, -0.1) is 5.10 Å². The summed E-state index contributed by atoms with van der Waals surface area (Å²) in [4.78, 5) is 95.2. The van der Waals surface area contributed by atoms with Crippen LogP contribution in [-0.2, 0) is 46.1 Å². The van der Waals surface area contributed by atoms with Gasteiger partial charge in [-0.05, 0) is 186 Å². The Balaban J connectivity index is 0.000000147. The number of carbonyl (C=O) groups is 4. The van der Waals surface area contributed by atoms with Gasteiger partial charge in [-0.3, -0.25) is 29.6 Å². The van der Waals surface area contributed by atoms with Crippen molar-refractivity contribution in [2.75, 3.05) is 84.5 Å². The number of amides is 3.